The summed E-state index contributed by atoms with van der Waals surface area (Å²) in [4.78, 5) is 20.5. The number of amides is 1. The number of nitrogens with two attached hydrogens (primary N) is 1. The monoisotopic (exact) mass is 371 g/mol. The number of carbonyl (C=O) groups is 1. The van der Waals surface area contributed by atoms with Gasteiger partial charge in [-0.25, -0.2) is 14.6 Å². The number of benzene rings is 1. The second-order valence-electron chi connectivity index (χ2n) is 5.77. The molecule has 0 aliphatic rings. The van der Waals surface area contributed by atoms with Gasteiger partial charge in [0.05, 0.1) is 29.4 Å². The highest BCUT2D eigenvalue weighted by molar-refractivity contribution is 6.33. The number of nitrogens with zero attached hydrogens (tertiary/aromatic N) is 5. The molecule has 1 aromatic carbocycles. The zero-order chi connectivity index (χ0) is 18.7. The minimum atomic E-state index is -0.263. The first-order valence-electron chi connectivity index (χ1n) is 7.95. The van der Waals surface area contributed by atoms with Gasteiger partial charge >= 0.3 is 0 Å². The van der Waals surface area contributed by atoms with Crippen LogP contribution in [0.2, 0.25) is 5.02 Å². The quantitative estimate of drug-likeness (QED) is 0.708. The molecule has 26 heavy (non-hydrogen) atoms. The van der Waals surface area contributed by atoms with Gasteiger partial charge in [-0.15, -0.1) is 5.10 Å². The van der Waals surface area contributed by atoms with Gasteiger partial charge in [-0.1, -0.05) is 28.9 Å². The third-order valence-corrected chi connectivity index (χ3v) is 4.28. The molecular formula is C17H18ClN7O. The molecule has 2 aromatic heterocycles. The summed E-state index contributed by atoms with van der Waals surface area (Å²) in [5.74, 6) is 0.770. The van der Waals surface area contributed by atoms with Crippen molar-refractivity contribution in [1.29, 1.82) is 0 Å². The van der Waals surface area contributed by atoms with E-state index in [4.69, 9.17) is 17.3 Å². The van der Waals surface area contributed by atoms with E-state index >= 15 is 0 Å². The van der Waals surface area contributed by atoms with Crippen molar-refractivity contribution in [2.24, 2.45) is 0 Å². The Bertz CT molecular complexity index is 954. The van der Waals surface area contributed by atoms with Crippen molar-refractivity contribution in [1.82, 2.24) is 30.3 Å². The van der Waals surface area contributed by atoms with Crippen LogP contribution < -0.4 is 11.1 Å². The first-order valence-corrected chi connectivity index (χ1v) is 8.33. The Labute approximate surface area is 155 Å². The predicted octanol–water partition coefficient (Wildman–Crippen LogP) is 1.90. The summed E-state index contributed by atoms with van der Waals surface area (Å²) in [7, 11) is 0. The molecule has 3 aromatic rings. The molecule has 3 N–H and O–H groups in total. The lowest BCUT2D eigenvalue weighted by Gasteiger charge is -2.07. The van der Waals surface area contributed by atoms with Gasteiger partial charge in [0.15, 0.2) is 0 Å². The molecular weight excluding hydrogens is 354 g/mol. The molecule has 0 bridgehead atoms. The van der Waals surface area contributed by atoms with Crippen LogP contribution in [0, 0.1) is 13.8 Å². The number of hydrogen-bond donors (Lipinski definition) is 2. The molecule has 0 spiro atoms. The van der Waals surface area contributed by atoms with Gasteiger partial charge < -0.3 is 11.1 Å². The van der Waals surface area contributed by atoms with Gasteiger partial charge in [0, 0.05) is 11.8 Å². The molecule has 8 nitrogen and oxygen atoms in total. The van der Waals surface area contributed by atoms with Crippen LogP contribution >= 0.6 is 11.6 Å². The summed E-state index contributed by atoms with van der Waals surface area (Å²) >= 11 is 6.04. The fourth-order valence-corrected chi connectivity index (χ4v) is 2.63. The molecule has 0 atom stereocenters. The van der Waals surface area contributed by atoms with E-state index in [2.05, 4.69) is 25.6 Å². The predicted molar refractivity (Wildman–Crippen MR) is 97.7 cm³/mol. The number of anilines is 1. The van der Waals surface area contributed by atoms with Crippen LogP contribution in [0.1, 0.15) is 33.1 Å². The van der Waals surface area contributed by atoms with Crippen LogP contribution in [-0.2, 0) is 13.1 Å². The van der Waals surface area contributed by atoms with Gasteiger partial charge in [-0.3, -0.25) is 4.79 Å². The summed E-state index contributed by atoms with van der Waals surface area (Å²) < 4.78 is 1.70. The van der Waals surface area contributed by atoms with Crippen LogP contribution in [0.4, 0.5) is 5.82 Å². The first kappa shape index (κ1) is 17.8. The van der Waals surface area contributed by atoms with E-state index in [1.165, 1.54) is 0 Å². The minimum absolute atomic E-state index is 0.246. The first-order chi connectivity index (χ1) is 12.5. The molecule has 3 rings (SSSR count). The van der Waals surface area contributed by atoms with E-state index in [1.54, 1.807) is 42.1 Å². The fraction of sp³-hybridized carbons (Fsp3) is 0.235. The zero-order valence-electron chi connectivity index (χ0n) is 14.4. The molecule has 134 valence electrons. The molecule has 0 aliphatic carbocycles. The third kappa shape index (κ3) is 3.80. The highest BCUT2D eigenvalue weighted by Gasteiger charge is 2.14. The SMILES string of the molecule is Cc1ncc(Cn2nnc(CNC(=O)c3ccccc3Cl)c2C)c(N)n1. The number of halogens is 1. The molecule has 0 unspecified atom stereocenters. The molecule has 0 radical (unpaired) electrons. The topological polar surface area (TPSA) is 112 Å². The molecule has 0 saturated heterocycles. The Hall–Kier alpha value is -3.00. The van der Waals surface area contributed by atoms with Gasteiger partial charge in [0.2, 0.25) is 0 Å². The molecule has 0 fully saturated rings. The minimum Gasteiger partial charge on any atom is -0.383 e. The lowest BCUT2D eigenvalue weighted by Crippen LogP contribution is -2.23. The standard InChI is InChI=1S/C17H18ClN7O/c1-10-15(8-21-17(26)13-5-3-4-6-14(13)18)23-24-25(10)9-12-7-20-11(2)22-16(12)19/h3-7H,8-9H2,1-2H3,(H,21,26)(H2,19,20,22). The Morgan fingerprint density at radius 2 is 2.08 bits per heavy atom. The summed E-state index contributed by atoms with van der Waals surface area (Å²) in [5, 5.41) is 11.5. The maximum atomic E-state index is 12.2. The number of rotatable bonds is 5. The Morgan fingerprint density at radius 3 is 2.81 bits per heavy atom. The van der Waals surface area contributed by atoms with E-state index in [0.29, 0.717) is 34.5 Å². The number of carbonyl (C=O) groups excluding carboxylic acids is 1. The maximum Gasteiger partial charge on any atom is 0.253 e. The van der Waals surface area contributed by atoms with Crippen LogP contribution in [-0.4, -0.2) is 30.9 Å². The summed E-state index contributed by atoms with van der Waals surface area (Å²) in [6.07, 6.45) is 1.68. The highest BCUT2D eigenvalue weighted by atomic mass is 35.5. The van der Waals surface area contributed by atoms with Gasteiger partial charge in [0.1, 0.15) is 17.3 Å². The zero-order valence-corrected chi connectivity index (χ0v) is 15.2. The highest BCUT2D eigenvalue weighted by Crippen LogP contribution is 2.15. The second-order valence-corrected chi connectivity index (χ2v) is 6.18. The summed E-state index contributed by atoms with van der Waals surface area (Å²) in [6, 6.07) is 6.87. The van der Waals surface area contributed by atoms with Crippen molar-refractivity contribution in [2.75, 3.05) is 5.73 Å². The summed E-state index contributed by atoms with van der Waals surface area (Å²) in [5.41, 5.74) is 8.59. The second kappa shape index (κ2) is 7.49. The molecule has 1 amide bonds. The van der Waals surface area contributed by atoms with E-state index in [-0.39, 0.29) is 12.5 Å². The molecule has 2 heterocycles. The normalized spacial score (nSPS) is 10.7. The number of aromatic nitrogens is 5. The van der Waals surface area contributed by atoms with E-state index in [1.807, 2.05) is 6.92 Å². The Kier molecular flexibility index (Phi) is 5.13. The maximum absolute atomic E-state index is 12.2. The number of aryl methyl sites for hydroxylation is 1. The Morgan fingerprint density at radius 1 is 1.31 bits per heavy atom. The fourth-order valence-electron chi connectivity index (χ4n) is 2.41. The van der Waals surface area contributed by atoms with Gasteiger partial charge in [-0.05, 0) is 26.0 Å². The summed E-state index contributed by atoms with van der Waals surface area (Å²) in [6.45, 7) is 4.31. The lowest BCUT2D eigenvalue weighted by molar-refractivity contribution is 0.0950. The average Bonchev–Trinajstić information content (AvgIpc) is 2.95. The average molecular weight is 372 g/mol. The van der Waals surface area contributed by atoms with Crippen molar-refractivity contribution in [3.63, 3.8) is 0 Å². The Balaban J connectivity index is 1.69. The van der Waals surface area contributed by atoms with Crippen LogP contribution in [0.5, 0.6) is 0 Å². The van der Waals surface area contributed by atoms with Crippen LogP contribution in [0.15, 0.2) is 30.5 Å². The molecule has 0 saturated carbocycles. The van der Waals surface area contributed by atoms with Crippen molar-refractivity contribution in [2.45, 2.75) is 26.9 Å². The van der Waals surface area contributed by atoms with Crippen molar-refractivity contribution < 1.29 is 4.79 Å². The van der Waals surface area contributed by atoms with Crippen molar-refractivity contribution >= 4 is 23.3 Å². The molecule has 0 aliphatic heterocycles. The van der Waals surface area contributed by atoms with Crippen molar-refractivity contribution in [3.05, 3.63) is 63.8 Å². The number of nitrogen functional groups attached to an aromatic ring is 1. The number of nitrogens with one attached hydrogen (secondary N) is 1. The van der Waals surface area contributed by atoms with Crippen LogP contribution in [0.25, 0.3) is 0 Å². The smallest absolute Gasteiger partial charge is 0.253 e. The largest absolute Gasteiger partial charge is 0.383 e. The lowest BCUT2D eigenvalue weighted by atomic mass is 10.2. The van der Waals surface area contributed by atoms with Crippen LogP contribution in [0.3, 0.4) is 0 Å². The van der Waals surface area contributed by atoms with E-state index in [9.17, 15) is 4.79 Å². The van der Waals surface area contributed by atoms with Gasteiger partial charge in [-0.2, -0.15) is 0 Å². The third-order valence-electron chi connectivity index (χ3n) is 3.95. The van der Waals surface area contributed by atoms with Crippen molar-refractivity contribution in [3.8, 4) is 0 Å². The van der Waals surface area contributed by atoms with E-state index < -0.39 is 0 Å². The van der Waals surface area contributed by atoms with Gasteiger partial charge in [0.25, 0.3) is 5.91 Å². The molecule has 9 heteroatoms. The number of hydrogen-bond acceptors (Lipinski definition) is 6. The van der Waals surface area contributed by atoms with E-state index in [0.717, 1.165) is 11.3 Å².